The Balaban J connectivity index is 2.29. The molecule has 0 atom stereocenters. The van der Waals surface area contributed by atoms with Crippen LogP contribution in [-0.4, -0.2) is 19.8 Å². The first-order valence-electron chi connectivity index (χ1n) is 4.55. The lowest BCUT2D eigenvalue weighted by Crippen LogP contribution is -1.93. The van der Waals surface area contributed by atoms with Crippen molar-refractivity contribution in [3.05, 3.63) is 34.7 Å². The summed E-state index contributed by atoms with van der Waals surface area (Å²) in [6, 6.07) is 3.98. The highest BCUT2D eigenvalue weighted by Gasteiger charge is 2.08. The summed E-state index contributed by atoms with van der Waals surface area (Å²) in [5, 5.41) is 16.6. The molecule has 0 unspecified atom stereocenters. The third kappa shape index (κ3) is 1.32. The van der Waals surface area contributed by atoms with Crippen LogP contribution in [0.1, 0.15) is 5.56 Å². The SMILES string of the molecule is Cc1cnn2c(-c3ccsc3)nnc2c1. The number of thiophene rings is 1. The number of nitrogens with zero attached hydrogens (tertiary/aromatic N) is 4. The van der Waals surface area contributed by atoms with Gasteiger partial charge in [-0.25, -0.2) is 0 Å². The van der Waals surface area contributed by atoms with Crippen molar-refractivity contribution < 1.29 is 0 Å². The second-order valence-electron chi connectivity index (χ2n) is 3.34. The van der Waals surface area contributed by atoms with Gasteiger partial charge in [-0.05, 0) is 30.0 Å². The fourth-order valence-corrected chi connectivity index (χ4v) is 2.09. The van der Waals surface area contributed by atoms with E-state index in [9.17, 15) is 0 Å². The molecule has 0 spiro atoms. The Morgan fingerprint density at radius 3 is 3.07 bits per heavy atom. The third-order valence-electron chi connectivity index (χ3n) is 2.18. The monoisotopic (exact) mass is 216 g/mol. The minimum Gasteiger partial charge on any atom is -0.193 e. The predicted molar refractivity (Wildman–Crippen MR) is 58.8 cm³/mol. The van der Waals surface area contributed by atoms with Gasteiger partial charge in [0.15, 0.2) is 11.5 Å². The first-order chi connectivity index (χ1) is 7.34. The lowest BCUT2D eigenvalue weighted by Gasteiger charge is -1.95. The Kier molecular flexibility index (Phi) is 1.78. The third-order valence-corrected chi connectivity index (χ3v) is 2.86. The summed E-state index contributed by atoms with van der Waals surface area (Å²) in [5.74, 6) is 0.797. The Hall–Kier alpha value is -1.75. The molecule has 0 aliphatic rings. The van der Waals surface area contributed by atoms with E-state index >= 15 is 0 Å². The average molecular weight is 216 g/mol. The van der Waals surface area contributed by atoms with Crippen molar-refractivity contribution in [2.24, 2.45) is 0 Å². The van der Waals surface area contributed by atoms with Crippen molar-refractivity contribution >= 4 is 17.0 Å². The van der Waals surface area contributed by atoms with Gasteiger partial charge in [0.05, 0.1) is 6.20 Å². The molecular formula is C10H8N4S. The fraction of sp³-hybridized carbons (Fsp3) is 0.100. The van der Waals surface area contributed by atoms with Gasteiger partial charge in [-0.15, -0.1) is 10.2 Å². The lowest BCUT2D eigenvalue weighted by molar-refractivity contribution is 0.928. The normalized spacial score (nSPS) is 11.0. The fourth-order valence-electron chi connectivity index (χ4n) is 1.46. The van der Waals surface area contributed by atoms with Gasteiger partial charge in [0.25, 0.3) is 0 Å². The summed E-state index contributed by atoms with van der Waals surface area (Å²) < 4.78 is 1.76. The maximum atomic E-state index is 4.29. The predicted octanol–water partition coefficient (Wildman–Crippen LogP) is 2.16. The molecule has 0 radical (unpaired) electrons. The zero-order valence-electron chi connectivity index (χ0n) is 8.08. The van der Waals surface area contributed by atoms with Crippen LogP contribution in [0.4, 0.5) is 0 Å². The summed E-state index contributed by atoms with van der Waals surface area (Å²) in [6.45, 7) is 1.99. The molecule has 0 aromatic carbocycles. The summed E-state index contributed by atoms with van der Waals surface area (Å²) >= 11 is 1.64. The number of aromatic nitrogens is 4. The van der Waals surface area contributed by atoms with Crippen molar-refractivity contribution in [1.29, 1.82) is 0 Å². The molecule has 0 aliphatic carbocycles. The largest absolute Gasteiger partial charge is 0.193 e. The average Bonchev–Trinajstić information content (AvgIpc) is 2.82. The van der Waals surface area contributed by atoms with E-state index in [1.165, 1.54) is 0 Å². The molecule has 0 N–H and O–H groups in total. The molecule has 3 heterocycles. The molecule has 0 fully saturated rings. The van der Waals surface area contributed by atoms with Crippen molar-refractivity contribution in [3.63, 3.8) is 0 Å². The second kappa shape index (κ2) is 3.13. The summed E-state index contributed by atoms with van der Waals surface area (Å²) in [4.78, 5) is 0. The van der Waals surface area contributed by atoms with E-state index in [0.29, 0.717) is 0 Å². The minimum atomic E-state index is 0.788. The number of hydrogen-bond acceptors (Lipinski definition) is 4. The van der Waals surface area contributed by atoms with E-state index in [1.54, 1.807) is 15.9 Å². The summed E-state index contributed by atoms with van der Waals surface area (Å²) in [5.41, 5.74) is 2.94. The van der Waals surface area contributed by atoms with E-state index in [0.717, 1.165) is 22.6 Å². The van der Waals surface area contributed by atoms with Crippen molar-refractivity contribution in [3.8, 4) is 11.4 Å². The first kappa shape index (κ1) is 8.55. The van der Waals surface area contributed by atoms with Gasteiger partial charge in [0.2, 0.25) is 0 Å². The highest BCUT2D eigenvalue weighted by Crippen LogP contribution is 2.20. The van der Waals surface area contributed by atoms with E-state index in [1.807, 2.05) is 36.0 Å². The lowest BCUT2D eigenvalue weighted by atomic mass is 10.3. The number of rotatable bonds is 1. The van der Waals surface area contributed by atoms with Gasteiger partial charge >= 0.3 is 0 Å². The van der Waals surface area contributed by atoms with Crippen molar-refractivity contribution in [2.75, 3.05) is 0 Å². The topological polar surface area (TPSA) is 43.1 Å². The van der Waals surface area contributed by atoms with E-state index in [-0.39, 0.29) is 0 Å². The van der Waals surface area contributed by atoms with Crippen LogP contribution in [0, 0.1) is 6.92 Å². The van der Waals surface area contributed by atoms with Gasteiger partial charge in [0.1, 0.15) is 0 Å². The van der Waals surface area contributed by atoms with E-state index in [2.05, 4.69) is 15.3 Å². The van der Waals surface area contributed by atoms with Crippen LogP contribution in [-0.2, 0) is 0 Å². The molecule has 3 aromatic rings. The molecule has 0 saturated carbocycles. The molecule has 0 amide bonds. The van der Waals surface area contributed by atoms with Crippen molar-refractivity contribution in [1.82, 2.24) is 19.8 Å². The quantitative estimate of drug-likeness (QED) is 0.626. The first-order valence-corrected chi connectivity index (χ1v) is 5.49. The van der Waals surface area contributed by atoms with Crippen LogP contribution in [0.5, 0.6) is 0 Å². The standard InChI is InChI=1S/C10H8N4S/c1-7-4-9-12-13-10(14(9)11-5-7)8-2-3-15-6-8/h2-6H,1H3. The second-order valence-corrected chi connectivity index (χ2v) is 4.12. The molecular weight excluding hydrogens is 208 g/mol. The maximum Gasteiger partial charge on any atom is 0.186 e. The highest BCUT2D eigenvalue weighted by atomic mass is 32.1. The van der Waals surface area contributed by atoms with Crippen LogP contribution in [0.2, 0.25) is 0 Å². The Morgan fingerprint density at radius 2 is 2.27 bits per heavy atom. The van der Waals surface area contributed by atoms with Crippen LogP contribution in [0.25, 0.3) is 17.0 Å². The minimum absolute atomic E-state index is 0.788. The smallest absolute Gasteiger partial charge is 0.186 e. The van der Waals surface area contributed by atoms with Crippen molar-refractivity contribution in [2.45, 2.75) is 6.92 Å². The Bertz CT molecular complexity index is 597. The number of fused-ring (bicyclic) bond motifs is 1. The number of hydrogen-bond donors (Lipinski definition) is 0. The number of aryl methyl sites for hydroxylation is 1. The molecule has 5 heteroatoms. The molecule has 74 valence electrons. The van der Waals surface area contributed by atoms with Gasteiger partial charge < -0.3 is 0 Å². The van der Waals surface area contributed by atoms with Gasteiger partial charge in [-0.1, -0.05) is 0 Å². The zero-order chi connectivity index (χ0) is 10.3. The molecule has 0 saturated heterocycles. The maximum absolute atomic E-state index is 4.29. The van der Waals surface area contributed by atoms with Gasteiger partial charge in [-0.2, -0.15) is 21.0 Å². The summed E-state index contributed by atoms with van der Waals surface area (Å²) in [7, 11) is 0. The van der Waals surface area contributed by atoms with E-state index in [4.69, 9.17) is 0 Å². The molecule has 0 bridgehead atoms. The zero-order valence-corrected chi connectivity index (χ0v) is 8.90. The van der Waals surface area contributed by atoms with Crippen LogP contribution >= 0.6 is 11.3 Å². The van der Waals surface area contributed by atoms with Crippen LogP contribution < -0.4 is 0 Å². The van der Waals surface area contributed by atoms with Crippen LogP contribution in [0.3, 0.4) is 0 Å². The van der Waals surface area contributed by atoms with Gasteiger partial charge in [-0.3, -0.25) is 0 Å². The van der Waals surface area contributed by atoms with Crippen LogP contribution in [0.15, 0.2) is 29.1 Å². The van der Waals surface area contributed by atoms with Gasteiger partial charge in [0, 0.05) is 10.9 Å². The Labute approximate surface area is 90.2 Å². The Morgan fingerprint density at radius 1 is 1.33 bits per heavy atom. The molecule has 4 nitrogen and oxygen atoms in total. The molecule has 15 heavy (non-hydrogen) atoms. The molecule has 0 aliphatic heterocycles. The summed E-state index contributed by atoms with van der Waals surface area (Å²) in [6.07, 6.45) is 1.81. The molecule has 3 rings (SSSR count). The molecule has 3 aromatic heterocycles. The van der Waals surface area contributed by atoms with E-state index < -0.39 is 0 Å². The highest BCUT2D eigenvalue weighted by molar-refractivity contribution is 7.08.